The van der Waals surface area contributed by atoms with Crippen LogP contribution in [0.4, 0.5) is 13.2 Å². The monoisotopic (exact) mass is 456 g/mol. The van der Waals surface area contributed by atoms with Crippen LogP contribution in [0.1, 0.15) is 69.1 Å². The van der Waals surface area contributed by atoms with E-state index in [4.69, 9.17) is 0 Å². The third-order valence-corrected chi connectivity index (χ3v) is 7.48. The first-order chi connectivity index (χ1) is 15.8. The van der Waals surface area contributed by atoms with Gasteiger partial charge in [-0.2, -0.15) is 18.4 Å². The van der Waals surface area contributed by atoms with Crippen molar-refractivity contribution in [3.05, 3.63) is 71.3 Å². The van der Waals surface area contributed by atoms with Crippen LogP contribution in [-0.4, -0.2) is 24.0 Å². The Balaban J connectivity index is 1.82. The lowest BCUT2D eigenvalue weighted by Crippen LogP contribution is -2.39. The molecule has 0 spiro atoms. The van der Waals surface area contributed by atoms with Gasteiger partial charge in [0.2, 0.25) is 0 Å². The number of likely N-dealkylation sites (N-methyl/N-ethyl adjacent to an activating group) is 1. The number of halogens is 3. The molecule has 0 N–H and O–H groups in total. The van der Waals surface area contributed by atoms with Crippen molar-refractivity contribution in [1.29, 1.82) is 5.26 Å². The first kappa shape index (κ1) is 25.3. The molecule has 2 aromatic carbocycles. The fourth-order valence-corrected chi connectivity index (χ4v) is 5.53. The number of alkyl halides is 3. The van der Waals surface area contributed by atoms with Crippen molar-refractivity contribution >= 4 is 0 Å². The van der Waals surface area contributed by atoms with E-state index in [1.807, 2.05) is 18.2 Å². The summed E-state index contributed by atoms with van der Waals surface area (Å²) in [6.45, 7) is 6.02. The number of hydrogen-bond donors (Lipinski definition) is 0. The van der Waals surface area contributed by atoms with E-state index in [1.54, 1.807) is 12.1 Å². The fourth-order valence-electron chi connectivity index (χ4n) is 5.53. The second-order valence-corrected chi connectivity index (χ2v) is 9.36. The maximum Gasteiger partial charge on any atom is 0.416 e. The summed E-state index contributed by atoms with van der Waals surface area (Å²) in [7, 11) is 0. The van der Waals surface area contributed by atoms with Crippen molar-refractivity contribution in [2.45, 2.75) is 76.4 Å². The zero-order chi connectivity index (χ0) is 23.9. The van der Waals surface area contributed by atoms with Crippen LogP contribution in [0.2, 0.25) is 0 Å². The summed E-state index contributed by atoms with van der Waals surface area (Å²) in [5.41, 5.74) is -0.302. The molecule has 0 aromatic heterocycles. The van der Waals surface area contributed by atoms with E-state index in [0.717, 1.165) is 51.3 Å². The second-order valence-electron chi connectivity index (χ2n) is 9.36. The van der Waals surface area contributed by atoms with Gasteiger partial charge in [-0.25, -0.2) is 0 Å². The average molecular weight is 457 g/mol. The minimum Gasteiger partial charge on any atom is -0.301 e. The molecule has 33 heavy (non-hydrogen) atoms. The van der Waals surface area contributed by atoms with Crippen molar-refractivity contribution in [3.8, 4) is 6.07 Å². The van der Waals surface area contributed by atoms with Crippen molar-refractivity contribution in [3.63, 3.8) is 0 Å². The zero-order valence-corrected chi connectivity index (χ0v) is 19.7. The molecule has 5 heteroatoms. The van der Waals surface area contributed by atoms with E-state index in [-0.39, 0.29) is 17.5 Å². The Hall–Kier alpha value is -2.32. The molecule has 2 unspecified atom stereocenters. The lowest BCUT2D eigenvalue weighted by atomic mass is 9.66. The molecule has 2 aromatic rings. The quantitative estimate of drug-likeness (QED) is 0.373. The molecule has 1 fully saturated rings. The topological polar surface area (TPSA) is 27.0 Å². The van der Waals surface area contributed by atoms with Gasteiger partial charge in [-0.15, -0.1) is 0 Å². The molecule has 2 atom stereocenters. The highest BCUT2D eigenvalue weighted by Crippen LogP contribution is 2.49. The van der Waals surface area contributed by atoms with Gasteiger partial charge in [0, 0.05) is 12.6 Å². The van der Waals surface area contributed by atoms with Crippen LogP contribution in [0.15, 0.2) is 54.6 Å². The first-order valence-corrected chi connectivity index (χ1v) is 12.2. The first-order valence-electron chi connectivity index (χ1n) is 12.2. The Morgan fingerprint density at radius 2 is 1.61 bits per heavy atom. The van der Waals surface area contributed by atoms with Crippen molar-refractivity contribution < 1.29 is 13.2 Å². The van der Waals surface area contributed by atoms with E-state index in [2.05, 4.69) is 36.9 Å². The summed E-state index contributed by atoms with van der Waals surface area (Å²) in [6.07, 6.45) is 1.21. The Morgan fingerprint density at radius 1 is 1.00 bits per heavy atom. The summed E-state index contributed by atoms with van der Waals surface area (Å²) < 4.78 is 41.8. The Morgan fingerprint density at radius 3 is 2.18 bits per heavy atom. The van der Waals surface area contributed by atoms with E-state index in [1.165, 1.54) is 11.6 Å². The number of rotatable bonds is 10. The average Bonchev–Trinajstić information content (AvgIpc) is 3.36. The van der Waals surface area contributed by atoms with E-state index in [9.17, 15) is 18.4 Å². The number of nitrogens with zero attached hydrogens (tertiary/aromatic N) is 2. The van der Waals surface area contributed by atoms with Crippen LogP contribution in [0.5, 0.6) is 0 Å². The molecule has 0 bridgehead atoms. The van der Waals surface area contributed by atoms with Crippen LogP contribution < -0.4 is 0 Å². The SMILES string of the molecule is CCN(CCc1ccccc1)C(C)CCC(C#N)(c1ccccc1C(F)(F)F)C1CCCC1. The summed E-state index contributed by atoms with van der Waals surface area (Å²) in [5, 5.41) is 10.4. The van der Waals surface area contributed by atoms with Crippen LogP contribution in [0.25, 0.3) is 0 Å². The van der Waals surface area contributed by atoms with Gasteiger partial charge in [-0.3, -0.25) is 0 Å². The van der Waals surface area contributed by atoms with Gasteiger partial charge in [0.25, 0.3) is 0 Å². The lowest BCUT2D eigenvalue weighted by molar-refractivity contribution is -0.138. The molecule has 1 saturated carbocycles. The van der Waals surface area contributed by atoms with Gasteiger partial charge in [-0.05, 0) is 68.7 Å². The van der Waals surface area contributed by atoms with Gasteiger partial charge in [0.05, 0.1) is 17.0 Å². The molecule has 1 aliphatic carbocycles. The molecule has 3 rings (SSSR count). The van der Waals surface area contributed by atoms with Gasteiger partial charge in [0.15, 0.2) is 0 Å². The normalized spacial score (nSPS) is 17.6. The molecule has 2 nitrogen and oxygen atoms in total. The Kier molecular flexibility index (Phi) is 8.59. The van der Waals surface area contributed by atoms with Gasteiger partial charge < -0.3 is 4.90 Å². The summed E-state index contributed by atoms with van der Waals surface area (Å²) in [5.74, 6) is -0.0300. The van der Waals surface area contributed by atoms with E-state index >= 15 is 0 Å². The third-order valence-electron chi connectivity index (χ3n) is 7.48. The molecular weight excluding hydrogens is 421 g/mol. The number of hydrogen-bond acceptors (Lipinski definition) is 2. The molecule has 1 aliphatic rings. The largest absolute Gasteiger partial charge is 0.416 e. The molecule has 0 saturated heterocycles. The van der Waals surface area contributed by atoms with Crippen LogP contribution >= 0.6 is 0 Å². The van der Waals surface area contributed by atoms with Crippen molar-refractivity contribution in [2.75, 3.05) is 13.1 Å². The lowest BCUT2D eigenvalue weighted by Gasteiger charge is -2.37. The minimum absolute atomic E-state index is 0.0300. The highest BCUT2D eigenvalue weighted by Gasteiger charge is 2.47. The third kappa shape index (κ3) is 5.98. The van der Waals surface area contributed by atoms with Crippen LogP contribution in [-0.2, 0) is 18.0 Å². The Bertz CT molecular complexity index is 913. The standard InChI is InChI=1S/C28H35F3N2/c1-3-33(20-18-23-11-5-4-6-12-23)22(2)17-19-27(21-32,24-13-7-8-14-24)25-15-9-10-16-26(25)28(29,30)31/h4-6,9-12,15-16,22,24H,3,7-8,13-14,17-20H2,1-2H3. The second kappa shape index (κ2) is 11.2. The summed E-state index contributed by atoms with van der Waals surface area (Å²) in [6, 6.07) is 18.7. The maximum atomic E-state index is 13.9. The molecule has 0 aliphatic heterocycles. The molecule has 0 amide bonds. The van der Waals surface area contributed by atoms with Gasteiger partial charge in [-0.1, -0.05) is 68.3 Å². The van der Waals surface area contributed by atoms with E-state index in [0.29, 0.717) is 12.8 Å². The summed E-state index contributed by atoms with van der Waals surface area (Å²) in [4.78, 5) is 2.37. The number of nitriles is 1. The van der Waals surface area contributed by atoms with Gasteiger partial charge in [0.1, 0.15) is 0 Å². The molecule has 178 valence electrons. The minimum atomic E-state index is -4.46. The van der Waals surface area contributed by atoms with Crippen molar-refractivity contribution in [1.82, 2.24) is 4.90 Å². The summed E-state index contributed by atoms with van der Waals surface area (Å²) >= 11 is 0. The van der Waals surface area contributed by atoms with Gasteiger partial charge >= 0.3 is 6.18 Å². The number of benzene rings is 2. The fraction of sp³-hybridized carbons (Fsp3) is 0.536. The Labute approximate surface area is 196 Å². The predicted octanol–water partition coefficient (Wildman–Crippen LogP) is 7.39. The molecule has 0 heterocycles. The highest BCUT2D eigenvalue weighted by molar-refractivity contribution is 5.42. The predicted molar refractivity (Wildman–Crippen MR) is 127 cm³/mol. The smallest absolute Gasteiger partial charge is 0.301 e. The van der Waals surface area contributed by atoms with Crippen molar-refractivity contribution in [2.24, 2.45) is 5.92 Å². The molecular formula is C28H35F3N2. The highest BCUT2D eigenvalue weighted by atomic mass is 19.4. The maximum absolute atomic E-state index is 13.9. The zero-order valence-electron chi connectivity index (χ0n) is 19.7. The van der Waals surface area contributed by atoms with E-state index < -0.39 is 17.2 Å². The van der Waals surface area contributed by atoms with Crippen LogP contribution in [0, 0.1) is 17.2 Å². The van der Waals surface area contributed by atoms with Crippen LogP contribution in [0.3, 0.4) is 0 Å². The molecule has 0 radical (unpaired) electrons.